The summed E-state index contributed by atoms with van der Waals surface area (Å²) >= 11 is 5.95. The zero-order valence-corrected chi connectivity index (χ0v) is 13.1. The fourth-order valence-corrected chi connectivity index (χ4v) is 2.86. The van der Waals surface area contributed by atoms with E-state index in [4.69, 9.17) is 16.3 Å². The smallest absolute Gasteiger partial charge is 0.251 e. The van der Waals surface area contributed by atoms with Crippen LogP contribution in [-0.2, 0) is 11.2 Å². The number of hydrogen-bond acceptors (Lipinski definition) is 3. The van der Waals surface area contributed by atoms with Crippen molar-refractivity contribution in [3.05, 3.63) is 28.5 Å². The van der Waals surface area contributed by atoms with Gasteiger partial charge in [0.15, 0.2) is 0 Å². The van der Waals surface area contributed by atoms with E-state index in [-0.39, 0.29) is 23.5 Å². The van der Waals surface area contributed by atoms with E-state index in [1.165, 1.54) is 0 Å². The number of nitrogens with one attached hydrogen (secondary N) is 1. The molecule has 0 bridgehead atoms. The van der Waals surface area contributed by atoms with E-state index in [1.54, 1.807) is 19.2 Å². The van der Waals surface area contributed by atoms with Gasteiger partial charge in [-0.25, -0.2) is 4.98 Å². The molecular formula is C15H21ClN2O2. The highest BCUT2D eigenvalue weighted by molar-refractivity contribution is 6.29. The van der Waals surface area contributed by atoms with Crippen molar-refractivity contribution < 1.29 is 9.53 Å². The Labute approximate surface area is 124 Å². The van der Waals surface area contributed by atoms with E-state index < -0.39 is 0 Å². The monoisotopic (exact) mass is 296 g/mol. The summed E-state index contributed by atoms with van der Waals surface area (Å²) in [5.74, 6) is -0.100. The van der Waals surface area contributed by atoms with Crippen LogP contribution in [0.1, 0.15) is 43.2 Å². The SMILES string of the molecule is CCc1cc(C(=O)NC2CC(OC)C2(C)C)cc(Cl)n1. The molecule has 1 fully saturated rings. The quantitative estimate of drug-likeness (QED) is 0.869. The zero-order chi connectivity index (χ0) is 14.9. The fraction of sp³-hybridized carbons (Fsp3) is 0.600. The van der Waals surface area contributed by atoms with Gasteiger partial charge in [0.2, 0.25) is 0 Å². The average molecular weight is 297 g/mol. The first kappa shape index (κ1) is 15.3. The third-order valence-electron chi connectivity index (χ3n) is 4.24. The largest absolute Gasteiger partial charge is 0.381 e. The first-order valence-electron chi connectivity index (χ1n) is 6.88. The molecule has 1 aromatic rings. The number of halogens is 1. The lowest BCUT2D eigenvalue weighted by atomic mass is 9.64. The number of amides is 1. The van der Waals surface area contributed by atoms with E-state index in [2.05, 4.69) is 24.1 Å². The third-order valence-corrected chi connectivity index (χ3v) is 4.43. The molecule has 0 spiro atoms. The Morgan fingerprint density at radius 1 is 1.55 bits per heavy atom. The van der Waals surface area contributed by atoms with Crippen LogP contribution in [0.2, 0.25) is 5.15 Å². The highest BCUT2D eigenvalue weighted by Gasteiger charge is 2.49. The molecule has 5 heteroatoms. The van der Waals surface area contributed by atoms with Crippen molar-refractivity contribution in [2.75, 3.05) is 7.11 Å². The van der Waals surface area contributed by atoms with Crippen molar-refractivity contribution in [2.24, 2.45) is 5.41 Å². The van der Waals surface area contributed by atoms with Gasteiger partial charge in [0.25, 0.3) is 5.91 Å². The molecule has 0 aromatic carbocycles. The topological polar surface area (TPSA) is 51.2 Å². The van der Waals surface area contributed by atoms with Gasteiger partial charge in [-0.1, -0.05) is 32.4 Å². The molecule has 1 aromatic heterocycles. The summed E-state index contributed by atoms with van der Waals surface area (Å²) in [5, 5.41) is 3.42. The Kier molecular flexibility index (Phi) is 4.35. The second kappa shape index (κ2) is 5.70. The number of aryl methyl sites for hydroxylation is 1. The van der Waals surface area contributed by atoms with Gasteiger partial charge < -0.3 is 10.1 Å². The molecule has 110 valence electrons. The number of methoxy groups -OCH3 is 1. The second-order valence-electron chi connectivity index (χ2n) is 5.83. The second-order valence-corrected chi connectivity index (χ2v) is 6.22. The van der Waals surface area contributed by atoms with E-state index in [9.17, 15) is 4.79 Å². The maximum absolute atomic E-state index is 12.3. The zero-order valence-electron chi connectivity index (χ0n) is 12.4. The summed E-state index contributed by atoms with van der Waals surface area (Å²) in [6, 6.07) is 3.52. The minimum absolute atomic E-state index is 0.0468. The number of rotatable bonds is 4. The van der Waals surface area contributed by atoms with Gasteiger partial charge in [0.05, 0.1) is 6.10 Å². The van der Waals surface area contributed by atoms with E-state index >= 15 is 0 Å². The van der Waals surface area contributed by atoms with Crippen LogP contribution >= 0.6 is 11.6 Å². The molecule has 1 aliphatic rings. The summed E-state index contributed by atoms with van der Waals surface area (Å²) in [6.07, 6.45) is 1.79. The van der Waals surface area contributed by atoms with Crippen LogP contribution in [0.5, 0.6) is 0 Å². The van der Waals surface area contributed by atoms with Crippen LogP contribution in [-0.4, -0.2) is 30.1 Å². The third kappa shape index (κ3) is 2.81. The first-order chi connectivity index (χ1) is 9.38. The van der Waals surface area contributed by atoms with Gasteiger partial charge in [0.1, 0.15) is 5.15 Å². The molecule has 2 rings (SSSR count). The standard InChI is InChI=1S/C15H21ClN2O2/c1-5-10-6-9(7-13(16)17-10)14(19)18-11-8-12(20-4)15(11,2)3/h6-7,11-12H,5,8H2,1-4H3,(H,18,19). The lowest BCUT2D eigenvalue weighted by molar-refractivity contribution is -0.0942. The maximum Gasteiger partial charge on any atom is 0.251 e. The number of carbonyl (C=O) groups is 1. The van der Waals surface area contributed by atoms with Crippen LogP contribution in [0.3, 0.4) is 0 Å². The van der Waals surface area contributed by atoms with E-state index in [0.29, 0.717) is 10.7 Å². The van der Waals surface area contributed by atoms with Crippen molar-refractivity contribution >= 4 is 17.5 Å². The normalized spacial score (nSPS) is 24.1. The van der Waals surface area contributed by atoms with Gasteiger partial charge in [0, 0.05) is 29.8 Å². The maximum atomic E-state index is 12.3. The summed E-state index contributed by atoms with van der Waals surface area (Å²) in [7, 11) is 1.71. The summed E-state index contributed by atoms with van der Waals surface area (Å²) in [5.41, 5.74) is 1.35. The van der Waals surface area contributed by atoms with E-state index in [0.717, 1.165) is 18.5 Å². The van der Waals surface area contributed by atoms with Crippen molar-refractivity contribution in [3.8, 4) is 0 Å². The van der Waals surface area contributed by atoms with Gasteiger partial charge in [-0.3, -0.25) is 4.79 Å². The molecular weight excluding hydrogens is 276 g/mol. The number of aromatic nitrogens is 1. The molecule has 2 atom stereocenters. The van der Waals surface area contributed by atoms with Crippen molar-refractivity contribution in [1.82, 2.24) is 10.3 Å². The molecule has 1 amide bonds. The van der Waals surface area contributed by atoms with Crippen molar-refractivity contribution in [3.63, 3.8) is 0 Å². The number of nitrogens with zero attached hydrogens (tertiary/aromatic N) is 1. The minimum atomic E-state index is -0.100. The molecule has 0 radical (unpaired) electrons. The molecule has 0 aliphatic heterocycles. The van der Waals surface area contributed by atoms with Crippen LogP contribution in [0, 0.1) is 5.41 Å². The highest BCUT2D eigenvalue weighted by atomic mass is 35.5. The van der Waals surface area contributed by atoms with Crippen LogP contribution in [0.15, 0.2) is 12.1 Å². The molecule has 1 saturated carbocycles. The van der Waals surface area contributed by atoms with Crippen LogP contribution in [0.4, 0.5) is 0 Å². The van der Waals surface area contributed by atoms with Crippen LogP contribution in [0.25, 0.3) is 0 Å². The summed E-state index contributed by atoms with van der Waals surface area (Å²) in [4.78, 5) is 16.5. The Balaban J connectivity index is 2.08. The number of hydrogen-bond donors (Lipinski definition) is 1. The molecule has 2 unspecified atom stereocenters. The fourth-order valence-electron chi connectivity index (χ4n) is 2.64. The van der Waals surface area contributed by atoms with Gasteiger partial charge >= 0.3 is 0 Å². The molecule has 1 heterocycles. The summed E-state index contributed by atoms with van der Waals surface area (Å²) < 4.78 is 5.39. The van der Waals surface area contributed by atoms with Crippen molar-refractivity contribution in [2.45, 2.75) is 45.8 Å². The number of ether oxygens (including phenoxy) is 1. The predicted molar refractivity (Wildman–Crippen MR) is 79.1 cm³/mol. The number of pyridine rings is 1. The molecule has 0 saturated heterocycles. The molecule has 1 N–H and O–H groups in total. The first-order valence-corrected chi connectivity index (χ1v) is 7.26. The Bertz CT molecular complexity index is 517. The van der Waals surface area contributed by atoms with Crippen molar-refractivity contribution in [1.29, 1.82) is 0 Å². The lowest BCUT2D eigenvalue weighted by Crippen LogP contribution is -2.61. The lowest BCUT2D eigenvalue weighted by Gasteiger charge is -2.51. The van der Waals surface area contributed by atoms with Gasteiger partial charge in [-0.2, -0.15) is 0 Å². The molecule has 20 heavy (non-hydrogen) atoms. The van der Waals surface area contributed by atoms with Gasteiger partial charge in [-0.15, -0.1) is 0 Å². The Morgan fingerprint density at radius 2 is 2.25 bits per heavy atom. The highest BCUT2D eigenvalue weighted by Crippen LogP contribution is 2.42. The Morgan fingerprint density at radius 3 is 2.80 bits per heavy atom. The predicted octanol–water partition coefficient (Wildman–Crippen LogP) is 2.84. The minimum Gasteiger partial charge on any atom is -0.381 e. The number of carbonyl (C=O) groups excluding carboxylic acids is 1. The van der Waals surface area contributed by atoms with Crippen LogP contribution < -0.4 is 5.32 Å². The van der Waals surface area contributed by atoms with E-state index in [1.807, 2.05) is 6.92 Å². The molecule has 1 aliphatic carbocycles. The van der Waals surface area contributed by atoms with Gasteiger partial charge in [-0.05, 0) is 25.0 Å². The molecule has 4 nitrogen and oxygen atoms in total. The summed E-state index contributed by atoms with van der Waals surface area (Å²) in [6.45, 7) is 6.19. The Hall–Kier alpha value is -1.13. The average Bonchev–Trinajstić information content (AvgIpc) is 2.41.